The van der Waals surface area contributed by atoms with Crippen molar-refractivity contribution in [3.05, 3.63) is 12.4 Å². The van der Waals surface area contributed by atoms with E-state index in [9.17, 15) is 9.90 Å². The van der Waals surface area contributed by atoms with Crippen LogP contribution in [0.3, 0.4) is 0 Å². The number of aromatic hydroxyl groups is 1. The van der Waals surface area contributed by atoms with E-state index in [-0.39, 0.29) is 11.7 Å². The van der Waals surface area contributed by atoms with Crippen molar-refractivity contribution in [3.63, 3.8) is 0 Å². The molecule has 0 aromatic carbocycles. The number of nitrogens with zero attached hydrogens (tertiary/aromatic N) is 3. The van der Waals surface area contributed by atoms with Crippen molar-refractivity contribution < 1.29 is 9.90 Å². The fourth-order valence-corrected chi connectivity index (χ4v) is 1.97. The van der Waals surface area contributed by atoms with Crippen molar-refractivity contribution in [1.82, 2.24) is 14.7 Å². The zero-order valence-electron chi connectivity index (χ0n) is 8.76. The monoisotopic (exact) mass is 209 g/mol. The Bertz CT molecular complexity index is 353. The number of amides is 1. The van der Waals surface area contributed by atoms with Gasteiger partial charge in [0.1, 0.15) is 0 Å². The van der Waals surface area contributed by atoms with Gasteiger partial charge in [0.2, 0.25) is 5.91 Å². The van der Waals surface area contributed by atoms with Crippen LogP contribution in [0.4, 0.5) is 0 Å². The molecule has 1 fully saturated rings. The van der Waals surface area contributed by atoms with Crippen LogP contribution in [0.1, 0.15) is 25.8 Å². The van der Waals surface area contributed by atoms with E-state index < -0.39 is 0 Å². The van der Waals surface area contributed by atoms with Crippen molar-refractivity contribution >= 4 is 5.91 Å². The number of aromatic nitrogens is 2. The third-order valence-electron chi connectivity index (χ3n) is 2.87. The van der Waals surface area contributed by atoms with Crippen molar-refractivity contribution in [1.29, 1.82) is 0 Å². The molecule has 1 aliphatic rings. The molecule has 2 rings (SSSR count). The molecule has 1 N–H and O–H groups in total. The SMILES string of the molecule is CC(=O)N1CCC(n2cc(O)cn2)CC1. The summed E-state index contributed by atoms with van der Waals surface area (Å²) in [5.74, 6) is 0.334. The van der Waals surface area contributed by atoms with E-state index in [4.69, 9.17) is 0 Å². The van der Waals surface area contributed by atoms with E-state index in [1.165, 1.54) is 6.20 Å². The summed E-state index contributed by atoms with van der Waals surface area (Å²) in [5.41, 5.74) is 0. The summed E-state index contributed by atoms with van der Waals surface area (Å²) in [4.78, 5) is 13.0. The maximum absolute atomic E-state index is 11.1. The van der Waals surface area contributed by atoms with Crippen LogP contribution in [0.5, 0.6) is 5.75 Å². The van der Waals surface area contributed by atoms with Crippen molar-refractivity contribution in [3.8, 4) is 5.75 Å². The van der Waals surface area contributed by atoms with Gasteiger partial charge in [0.05, 0.1) is 18.4 Å². The van der Waals surface area contributed by atoms with E-state index in [0.717, 1.165) is 25.9 Å². The molecule has 5 heteroatoms. The first-order valence-corrected chi connectivity index (χ1v) is 5.15. The standard InChI is InChI=1S/C10H15N3O2/c1-8(14)12-4-2-9(3-5-12)13-7-10(15)6-11-13/h6-7,9,15H,2-5H2,1H3. The molecule has 1 aromatic rings. The van der Waals surface area contributed by atoms with Crippen molar-refractivity contribution in [2.45, 2.75) is 25.8 Å². The Kier molecular flexibility index (Phi) is 2.62. The van der Waals surface area contributed by atoms with Crippen LogP contribution in [0.25, 0.3) is 0 Å². The molecule has 0 bridgehead atoms. The molecule has 1 aromatic heterocycles. The number of rotatable bonds is 1. The fourth-order valence-electron chi connectivity index (χ4n) is 1.97. The Balaban J connectivity index is 1.96. The number of piperidine rings is 1. The summed E-state index contributed by atoms with van der Waals surface area (Å²) in [6, 6.07) is 0.307. The topological polar surface area (TPSA) is 58.4 Å². The minimum atomic E-state index is 0.136. The molecule has 0 radical (unpaired) electrons. The first-order chi connectivity index (χ1) is 7.16. The Morgan fingerprint density at radius 2 is 2.20 bits per heavy atom. The number of carbonyl (C=O) groups excluding carboxylic acids is 1. The third kappa shape index (κ3) is 2.11. The Labute approximate surface area is 88.3 Å². The fraction of sp³-hybridized carbons (Fsp3) is 0.600. The van der Waals surface area contributed by atoms with Gasteiger partial charge in [-0.3, -0.25) is 9.48 Å². The number of hydrogen-bond acceptors (Lipinski definition) is 3. The predicted molar refractivity (Wildman–Crippen MR) is 54.4 cm³/mol. The molecule has 2 heterocycles. The van der Waals surface area contributed by atoms with Crippen molar-refractivity contribution in [2.75, 3.05) is 13.1 Å². The summed E-state index contributed by atoms with van der Waals surface area (Å²) in [7, 11) is 0. The maximum atomic E-state index is 11.1. The summed E-state index contributed by atoms with van der Waals surface area (Å²) < 4.78 is 1.78. The second-order valence-corrected chi connectivity index (χ2v) is 3.92. The summed E-state index contributed by atoms with van der Waals surface area (Å²) in [5, 5.41) is 13.2. The third-order valence-corrected chi connectivity index (χ3v) is 2.87. The van der Waals surface area contributed by atoms with Crippen LogP contribution < -0.4 is 0 Å². The number of hydrogen-bond donors (Lipinski definition) is 1. The first-order valence-electron chi connectivity index (χ1n) is 5.15. The van der Waals surface area contributed by atoms with Gasteiger partial charge in [0, 0.05) is 20.0 Å². The van der Waals surface area contributed by atoms with E-state index in [1.807, 2.05) is 4.90 Å². The molecule has 0 unspecified atom stereocenters. The van der Waals surface area contributed by atoms with Gasteiger partial charge < -0.3 is 10.0 Å². The van der Waals surface area contributed by atoms with Gasteiger partial charge in [0.15, 0.2) is 5.75 Å². The molecule has 0 spiro atoms. The average Bonchev–Trinajstić information content (AvgIpc) is 2.65. The molecule has 0 atom stereocenters. The van der Waals surface area contributed by atoms with E-state index >= 15 is 0 Å². The van der Waals surface area contributed by atoms with Gasteiger partial charge in [-0.2, -0.15) is 5.10 Å². The van der Waals surface area contributed by atoms with Gasteiger partial charge in [-0.15, -0.1) is 0 Å². The van der Waals surface area contributed by atoms with Crippen LogP contribution in [0.15, 0.2) is 12.4 Å². The largest absolute Gasteiger partial charge is 0.505 e. The zero-order chi connectivity index (χ0) is 10.8. The first kappa shape index (κ1) is 10.0. The highest BCUT2D eigenvalue weighted by atomic mass is 16.3. The van der Waals surface area contributed by atoms with Crippen LogP contribution >= 0.6 is 0 Å². The van der Waals surface area contributed by atoms with Gasteiger partial charge >= 0.3 is 0 Å². The summed E-state index contributed by atoms with van der Waals surface area (Å²) in [6.07, 6.45) is 4.88. The molecule has 0 aliphatic carbocycles. The molecule has 5 nitrogen and oxygen atoms in total. The van der Waals surface area contributed by atoms with E-state index in [2.05, 4.69) is 5.10 Å². The summed E-state index contributed by atoms with van der Waals surface area (Å²) in [6.45, 7) is 3.15. The zero-order valence-corrected chi connectivity index (χ0v) is 8.76. The molecule has 1 saturated heterocycles. The van der Waals surface area contributed by atoms with Gasteiger partial charge in [-0.05, 0) is 12.8 Å². The normalized spacial score (nSPS) is 18.1. The minimum Gasteiger partial charge on any atom is -0.505 e. The number of likely N-dealkylation sites (tertiary alicyclic amines) is 1. The molecule has 82 valence electrons. The van der Waals surface area contributed by atoms with E-state index in [1.54, 1.807) is 17.8 Å². The van der Waals surface area contributed by atoms with Crippen LogP contribution in [-0.4, -0.2) is 38.8 Å². The van der Waals surface area contributed by atoms with Gasteiger partial charge in [-0.25, -0.2) is 0 Å². The highest BCUT2D eigenvalue weighted by Gasteiger charge is 2.22. The second kappa shape index (κ2) is 3.92. The highest BCUT2D eigenvalue weighted by molar-refractivity contribution is 5.73. The molecule has 1 amide bonds. The highest BCUT2D eigenvalue weighted by Crippen LogP contribution is 2.23. The molecule has 1 aliphatic heterocycles. The average molecular weight is 209 g/mol. The van der Waals surface area contributed by atoms with Crippen molar-refractivity contribution in [2.24, 2.45) is 0 Å². The van der Waals surface area contributed by atoms with Crippen LogP contribution in [0, 0.1) is 0 Å². The summed E-state index contributed by atoms with van der Waals surface area (Å²) >= 11 is 0. The van der Waals surface area contributed by atoms with Gasteiger partial charge in [0.25, 0.3) is 0 Å². The second-order valence-electron chi connectivity index (χ2n) is 3.92. The maximum Gasteiger partial charge on any atom is 0.219 e. The quantitative estimate of drug-likeness (QED) is 0.743. The van der Waals surface area contributed by atoms with Crippen LogP contribution in [-0.2, 0) is 4.79 Å². The molecule has 15 heavy (non-hydrogen) atoms. The van der Waals surface area contributed by atoms with E-state index in [0.29, 0.717) is 6.04 Å². The minimum absolute atomic E-state index is 0.136. The van der Waals surface area contributed by atoms with Gasteiger partial charge in [-0.1, -0.05) is 0 Å². The lowest BCUT2D eigenvalue weighted by molar-refractivity contribution is -0.130. The lowest BCUT2D eigenvalue weighted by Gasteiger charge is -2.31. The lowest BCUT2D eigenvalue weighted by Crippen LogP contribution is -2.37. The predicted octanol–water partition coefficient (Wildman–Crippen LogP) is 0.772. The Morgan fingerprint density at radius 3 is 2.67 bits per heavy atom. The Morgan fingerprint density at radius 1 is 1.53 bits per heavy atom. The Hall–Kier alpha value is -1.52. The molecular weight excluding hydrogens is 194 g/mol. The number of carbonyl (C=O) groups is 1. The smallest absolute Gasteiger partial charge is 0.219 e. The lowest BCUT2D eigenvalue weighted by atomic mass is 10.1. The van der Waals surface area contributed by atoms with Crippen LogP contribution in [0.2, 0.25) is 0 Å². The molecule has 0 saturated carbocycles. The molecular formula is C10H15N3O2.